The van der Waals surface area contributed by atoms with Crippen molar-refractivity contribution < 1.29 is 57.9 Å². The number of aliphatic hydroxyl groups is 2. The minimum atomic E-state index is -1.73. The van der Waals surface area contributed by atoms with Crippen molar-refractivity contribution >= 4 is 35.6 Å². The van der Waals surface area contributed by atoms with Crippen molar-refractivity contribution in [3.8, 4) is 0 Å². The number of ether oxygens (including phenoxy) is 4. The number of nitrogens with two attached hydrogens (primary N) is 2. The quantitative estimate of drug-likeness (QED) is 0.0549. The molecule has 0 aromatic heterocycles. The topological polar surface area (TPSA) is 259 Å². The number of rotatable bonds is 21. The first kappa shape index (κ1) is 51.5. The van der Waals surface area contributed by atoms with Gasteiger partial charge in [0.1, 0.15) is 37.0 Å². The summed E-state index contributed by atoms with van der Waals surface area (Å²) in [7, 11) is 1.17. The predicted octanol–water partition coefficient (Wildman–Crippen LogP) is 1.91. The summed E-state index contributed by atoms with van der Waals surface area (Å²) in [5, 5.41) is 27.3. The third-order valence-corrected chi connectivity index (χ3v) is 10.3. The van der Waals surface area contributed by atoms with Crippen LogP contribution in [0.25, 0.3) is 0 Å². The Morgan fingerprint density at radius 1 is 1.03 bits per heavy atom. The number of esters is 2. The van der Waals surface area contributed by atoms with Gasteiger partial charge in [0, 0.05) is 32.5 Å². The molecule has 0 aromatic rings. The van der Waals surface area contributed by atoms with Crippen molar-refractivity contribution in [2.75, 3.05) is 26.8 Å². The van der Waals surface area contributed by atoms with Crippen LogP contribution < -0.4 is 22.1 Å². The maximum absolute atomic E-state index is 13.1. The molecule has 0 radical (unpaired) electrons. The molecule has 1 fully saturated rings. The Morgan fingerprint density at radius 2 is 1.72 bits per heavy atom. The Kier molecular flexibility index (Phi) is 21.1. The van der Waals surface area contributed by atoms with Gasteiger partial charge in [0.15, 0.2) is 6.29 Å². The molecule has 1 aliphatic heterocycles. The van der Waals surface area contributed by atoms with Gasteiger partial charge in [-0.15, -0.1) is 0 Å². The molecule has 0 bridgehead atoms. The summed E-state index contributed by atoms with van der Waals surface area (Å²) >= 11 is 0. The molecule has 8 N–H and O–H groups in total. The molecule has 17 nitrogen and oxygen atoms in total. The summed E-state index contributed by atoms with van der Waals surface area (Å²) in [6, 6.07) is -3.65. The first-order chi connectivity index (χ1) is 28.1. The highest BCUT2D eigenvalue weighted by atomic mass is 16.6. The fraction of sp³-hybridized carbons (Fsp3) is 0.628. The van der Waals surface area contributed by atoms with Crippen molar-refractivity contribution in [3.63, 3.8) is 0 Å². The molecule has 1 heterocycles. The van der Waals surface area contributed by atoms with Crippen molar-refractivity contribution in [1.29, 1.82) is 0 Å². The van der Waals surface area contributed by atoms with E-state index in [1.807, 2.05) is 19.1 Å². The lowest BCUT2D eigenvalue weighted by Gasteiger charge is -2.44. The van der Waals surface area contributed by atoms with Crippen molar-refractivity contribution in [2.45, 2.75) is 143 Å². The van der Waals surface area contributed by atoms with E-state index < -0.39 is 91.0 Å². The van der Waals surface area contributed by atoms with Gasteiger partial charge in [-0.25, -0.2) is 0 Å². The van der Waals surface area contributed by atoms with E-state index in [1.165, 1.54) is 57.9 Å². The molecule has 1 saturated heterocycles. The largest absolute Gasteiger partial charge is 0.469 e. The SMILES string of the molecule is COC(=O)CC[C@H](C(N)=O)N(CC(C)O[C@H]1[C@H](O)[C@@H](COC(=O)CCNC(=O)C=C(C)C=CC=C(C)C=CC2=C(C)CCCC2(C)C)O[C@H](O)[C@@H]1NC(C)=O)C(=O)[C@H](C)N. The van der Waals surface area contributed by atoms with Gasteiger partial charge in [-0.1, -0.05) is 55.4 Å². The number of hydrogen-bond acceptors (Lipinski definition) is 13. The standard InChI is InChI=1S/C43H67N5O12/c1-25(15-16-31-27(3)14-11-20-43(31,7)8)12-10-13-26(2)22-34(50)46-21-19-36(52)58-24-33-38(53)39(37(42(56)60-33)47-30(6)49)59-28(4)23-48(41(55)29(5)44)32(40(45)54)17-18-35(51)57-9/h10,12-13,15-16,22,28-29,32-33,37-39,42,53,56H,11,14,17-21,23-24,44H2,1-9H3,(H2,45,54)(H,46,50)(H,47,49)/t28?,29-,32+,33+,37+,38+,39+,42-/m0/s1. The van der Waals surface area contributed by atoms with Gasteiger partial charge in [0.05, 0.1) is 25.7 Å². The molecular weight excluding hydrogens is 778 g/mol. The molecule has 336 valence electrons. The zero-order valence-corrected chi connectivity index (χ0v) is 36.5. The van der Waals surface area contributed by atoms with Crippen LogP contribution in [-0.4, -0.2) is 126 Å². The van der Waals surface area contributed by atoms with Crippen LogP contribution in [0.15, 0.2) is 58.7 Å². The first-order valence-corrected chi connectivity index (χ1v) is 20.3. The van der Waals surface area contributed by atoms with Crippen LogP contribution in [0.2, 0.25) is 0 Å². The summed E-state index contributed by atoms with van der Waals surface area (Å²) in [6.07, 6.45) is 7.22. The van der Waals surface area contributed by atoms with E-state index in [0.717, 1.165) is 16.9 Å². The molecule has 60 heavy (non-hydrogen) atoms. The zero-order valence-electron chi connectivity index (χ0n) is 36.5. The molecule has 1 unspecified atom stereocenters. The summed E-state index contributed by atoms with van der Waals surface area (Å²) in [6.45, 7) is 13.8. The first-order valence-electron chi connectivity index (χ1n) is 20.3. The molecule has 0 aromatic carbocycles. The lowest BCUT2D eigenvalue weighted by Crippen LogP contribution is -2.65. The molecule has 0 spiro atoms. The second kappa shape index (κ2) is 24.5. The lowest BCUT2D eigenvalue weighted by atomic mass is 9.72. The monoisotopic (exact) mass is 845 g/mol. The highest BCUT2D eigenvalue weighted by molar-refractivity contribution is 5.89. The summed E-state index contributed by atoms with van der Waals surface area (Å²) in [5.74, 6) is -3.95. The molecule has 8 atom stereocenters. The van der Waals surface area contributed by atoms with Gasteiger partial charge in [-0.3, -0.25) is 28.8 Å². The number of carbonyl (C=O) groups excluding carboxylic acids is 6. The number of carbonyl (C=O) groups is 6. The molecular formula is C43H67N5O12. The van der Waals surface area contributed by atoms with E-state index in [-0.39, 0.29) is 37.8 Å². The molecule has 4 amide bonds. The summed E-state index contributed by atoms with van der Waals surface area (Å²) < 4.78 is 21.5. The van der Waals surface area contributed by atoms with E-state index in [9.17, 15) is 39.0 Å². The van der Waals surface area contributed by atoms with E-state index in [2.05, 4.69) is 48.3 Å². The highest BCUT2D eigenvalue weighted by Gasteiger charge is 2.47. The van der Waals surface area contributed by atoms with Gasteiger partial charge in [0.25, 0.3) is 0 Å². The third kappa shape index (κ3) is 16.8. The number of primary amides is 1. The summed E-state index contributed by atoms with van der Waals surface area (Å²) in [4.78, 5) is 75.6. The maximum atomic E-state index is 13.1. The van der Waals surface area contributed by atoms with Crippen LogP contribution in [0.4, 0.5) is 0 Å². The Labute approximate surface area is 353 Å². The number of amides is 4. The van der Waals surface area contributed by atoms with Crippen LogP contribution in [0.3, 0.4) is 0 Å². The Morgan fingerprint density at radius 3 is 2.32 bits per heavy atom. The van der Waals surface area contributed by atoms with Crippen LogP contribution in [-0.2, 0) is 47.7 Å². The van der Waals surface area contributed by atoms with Crippen molar-refractivity contribution in [1.82, 2.24) is 15.5 Å². The van der Waals surface area contributed by atoms with Crippen LogP contribution in [0.5, 0.6) is 0 Å². The van der Waals surface area contributed by atoms with Gasteiger partial charge in [0.2, 0.25) is 23.6 Å². The number of aliphatic hydroxyl groups excluding tert-OH is 2. The third-order valence-electron chi connectivity index (χ3n) is 10.3. The lowest BCUT2D eigenvalue weighted by molar-refractivity contribution is -0.269. The Bertz CT molecular complexity index is 1680. The van der Waals surface area contributed by atoms with Crippen LogP contribution in [0, 0.1) is 5.41 Å². The van der Waals surface area contributed by atoms with Gasteiger partial charge in [-0.05, 0) is 76.9 Å². The van der Waals surface area contributed by atoms with Crippen LogP contribution in [0.1, 0.15) is 93.9 Å². The predicted molar refractivity (Wildman–Crippen MR) is 223 cm³/mol. The second-order valence-electron chi connectivity index (χ2n) is 16.2. The van der Waals surface area contributed by atoms with E-state index in [4.69, 9.17) is 25.7 Å². The zero-order chi connectivity index (χ0) is 45.3. The fourth-order valence-electron chi connectivity index (χ4n) is 7.12. The average molecular weight is 846 g/mol. The van der Waals surface area contributed by atoms with Gasteiger partial charge >= 0.3 is 11.9 Å². The number of nitrogens with one attached hydrogen (secondary N) is 2. The van der Waals surface area contributed by atoms with Gasteiger partial charge < -0.3 is 56.2 Å². The van der Waals surface area contributed by atoms with Crippen molar-refractivity contribution in [3.05, 3.63) is 58.7 Å². The normalized spacial score (nSPS) is 23.8. The molecule has 17 heteroatoms. The Balaban J connectivity index is 2.01. The number of nitrogens with zero attached hydrogens (tertiary/aromatic N) is 1. The second-order valence-corrected chi connectivity index (χ2v) is 16.2. The smallest absolute Gasteiger partial charge is 0.307 e. The highest BCUT2D eigenvalue weighted by Crippen LogP contribution is 2.40. The van der Waals surface area contributed by atoms with E-state index in [0.29, 0.717) is 5.57 Å². The molecule has 0 saturated carbocycles. The number of hydrogen-bond donors (Lipinski definition) is 6. The fourth-order valence-corrected chi connectivity index (χ4v) is 7.12. The Hall–Kier alpha value is -4.68. The van der Waals surface area contributed by atoms with E-state index in [1.54, 1.807) is 13.0 Å². The molecule has 2 aliphatic rings. The minimum absolute atomic E-state index is 0.0479. The van der Waals surface area contributed by atoms with Crippen LogP contribution >= 0.6 is 0 Å². The van der Waals surface area contributed by atoms with Crippen molar-refractivity contribution in [2.24, 2.45) is 16.9 Å². The molecule has 2 rings (SSSR count). The average Bonchev–Trinajstić information content (AvgIpc) is 3.15. The van der Waals surface area contributed by atoms with Gasteiger partial charge in [-0.2, -0.15) is 0 Å². The summed E-state index contributed by atoms with van der Waals surface area (Å²) in [5.41, 5.74) is 16.2. The minimum Gasteiger partial charge on any atom is -0.469 e. The maximum Gasteiger partial charge on any atom is 0.307 e. The molecule has 1 aliphatic carbocycles. The number of allylic oxidation sites excluding steroid dienone is 9. The number of methoxy groups -OCH3 is 1. The van der Waals surface area contributed by atoms with E-state index >= 15 is 0 Å².